The van der Waals surface area contributed by atoms with Crippen molar-refractivity contribution in [3.8, 4) is 0 Å². The van der Waals surface area contributed by atoms with E-state index in [9.17, 15) is 9.59 Å². The molecule has 2 aromatic carbocycles. The van der Waals surface area contributed by atoms with Crippen LogP contribution < -0.4 is 10.2 Å². The Balaban J connectivity index is 1.61. The van der Waals surface area contributed by atoms with Crippen LogP contribution in [-0.4, -0.2) is 23.3 Å². The maximum atomic E-state index is 12.9. The minimum absolute atomic E-state index is 0.0904. The molecular formula is C22H18ClN3O2. The minimum atomic E-state index is -0.247. The summed E-state index contributed by atoms with van der Waals surface area (Å²) in [5.74, 6) is -0.337. The first-order chi connectivity index (χ1) is 13.6. The zero-order valence-electron chi connectivity index (χ0n) is 15.1. The number of aryl methyl sites for hydroxylation is 1. The molecule has 28 heavy (non-hydrogen) atoms. The van der Waals surface area contributed by atoms with Crippen LogP contribution in [0.5, 0.6) is 0 Å². The highest BCUT2D eigenvalue weighted by atomic mass is 35.5. The summed E-state index contributed by atoms with van der Waals surface area (Å²) in [5.41, 5.74) is 3.57. The molecule has 1 aliphatic heterocycles. The van der Waals surface area contributed by atoms with Crippen molar-refractivity contribution in [1.82, 2.24) is 4.98 Å². The van der Waals surface area contributed by atoms with Crippen molar-refractivity contribution < 1.29 is 9.59 Å². The maximum absolute atomic E-state index is 12.9. The number of hydrogen-bond donors (Lipinski definition) is 1. The highest BCUT2D eigenvalue weighted by Crippen LogP contribution is 2.31. The maximum Gasteiger partial charge on any atom is 0.259 e. The number of amides is 2. The van der Waals surface area contributed by atoms with Crippen LogP contribution in [0.2, 0.25) is 5.02 Å². The summed E-state index contributed by atoms with van der Waals surface area (Å²) in [7, 11) is 0. The lowest BCUT2D eigenvalue weighted by atomic mass is 10.00. The van der Waals surface area contributed by atoms with Gasteiger partial charge in [0, 0.05) is 40.9 Å². The van der Waals surface area contributed by atoms with Gasteiger partial charge in [-0.25, -0.2) is 0 Å². The molecular weight excluding hydrogens is 374 g/mol. The quantitative estimate of drug-likeness (QED) is 0.710. The molecule has 2 heterocycles. The summed E-state index contributed by atoms with van der Waals surface area (Å²) < 4.78 is 0. The zero-order chi connectivity index (χ0) is 19.5. The summed E-state index contributed by atoms with van der Waals surface area (Å²) >= 11 is 5.97. The van der Waals surface area contributed by atoms with E-state index < -0.39 is 0 Å². The number of nitrogens with zero attached hydrogens (tertiary/aromatic N) is 2. The largest absolute Gasteiger partial charge is 0.322 e. The fraction of sp³-hybridized carbons (Fsp3) is 0.136. The predicted octanol–water partition coefficient (Wildman–Crippen LogP) is 4.58. The third kappa shape index (κ3) is 3.75. The molecule has 5 nitrogen and oxygen atoms in total. The van der Waals surface area contributed by atoms with E-state index in [1.54, 1.807) is 53.7 Å². The molecule has 4 rings (SSSR count). The number of halogens is 1. The number of pyridine rings is 1. The lowest BCUT2D eigenvalue weighted by Gasteiger charge is -2.30. The molecule has 1 N–H and O–H groups in total. The molecule has 0 aliphatic carbocycles. The number of hydrogen-bond acceptors (Lipinski definition) is 3. The van der Waals surface area contributed by atoms with E-state index in [-0.39, 0.29) is 11.8 Å². The van der Waals surface area contributed by atoms with Gasteiger partial charge in [0.25, 0.3) is 11.8 Å². The molecule has 0 atom stereocenters. The van der Waals surface area contributed by atoms with Gasteiger partial charge in [-0.1, -0.05) is 23.7 Å². The zero-order valence-corrected chi connectivity index (χ0v) is 15.8. The van der Waals surface area contributed by atoms with Gasteiger partial charge in [-0.15, -0.1) is 0 Å². The van der Waals surface area contributed by atoms with E-state index in [4.69, 9.17) is 11.6 Å². The summed E-state index contributed by atoms with van der Waals surface area (Å²) in [6.07, 6.45) is 5.01. The number of rotatable bonds is 3. The van der Waals surface area contributed by atoms with Crippen molar-refractivity contribution in [1.29, 1.82) is 0 Å². The molecule has 1 aromatic heterocycles. The fourth-order valence-electron chi connectivity index (χ4n) is 3.34. The lowest BCUT2D eigenvalue weighted by Crippen LogP contribution is -2.35. The predicted molar refractivity (Wildman–Crippen MR) is 110 cm³/mol. The van der Waals surface area contributed by atoms with Gasteiger partial charge in [0.2, 0.25) is 0 Å². The van der Waals surface area contributed by atoms with Crippen molar-refractivity contribution in [2.75, 3.05) is 16.8 Å². The van der Waals surface area contributed by atoms with Crippen LogP contribution in [0.1, 0.15) is 32.7 Å². The fourth-order valence-corrected chi connectivity index (χ4v) is 3.53. The van der Waals surface area contributed by atoms with Gasteiger partial charge in [0.05, 0.1) is 5.56 Å². The van der Waals surface area contributed by atoms with Gasteiger partial charge in [0.1, 0.15) is 0 Å². The highest BCUT2D eigenvalue weighted by Gasteiger charge is 2.24. The van der Waals surface area contributed by atoms with Crippen LogP contribution >= 0.6 is 11.6 Å². The SMILES string of the molecule is O=C(Nc1ccc2c(c1)N(C(=O)c1cccnc1)CCC2)c1cccc(Cl)c1. The van der Waals surface area contributed by atoms with E-state index in [1.165, 1.54) is 0 Å². The Morgan fingerprint density at radius 3 is 2.68 bits per heavy atom. The summed E-state index contributed by atoms with van der Waals surface area (Å²) in [5, 5.41) is 3.39. The number of carbonyl (C=O) groups is 2. The molecule has 140 valence electrons. The molecule has 0 unspecified atom stereocenters. The summed E-state index contributed by atoms with van der Waals surface area (Å²) in [6.45, 7) is 0.631. The third-order valence-electron chi connectivity index (χ3n) is 4.70. The Hall–Kier alpha value is -3.18. The molecule has 3 aromatic rings. The van der Waals surface area contributed by atoms with E-state index in [0.717, 1.165) is 24.1 Å². The third-order valence-corrected chi connectivity index (χ3v) is 4.94. The molecule has 0 spiro atoms. The van der Waals surface area contributed by atoms with Crippen molar-refractivity contribution >= 4 is 34.8 Å². The number of benzene rings is 2. The van der Waals surface area contributed by atoms with Crippen LogP contribution in [0, 0.1) is 0 Å². The first-order valence-corrected chi connectivity index (χ1v) is 9.41. The van der Waals surface area contributed by atoms with E-state index >= 15 is 0 Å². The van der Waals surface area contributed by atoms with Gasteiger partial charge < -0.3 is 10.2 Å². The number of anilines is 2. The topological polar surface area (TPSA) is 62.3 Å². The number of carbonyl (C=O) groups excluding carboxylic acids is 2. The molecule has 1 aliphatic rings. The van der Waals surface area contributed by atoms with Crippen molar-refractivity contribution in [3.05, 3.63) is 88.7 Å². The van der Waals surface area contributed by atoms with Crippen molar-refractivity contribution in [2.24, 2.45) is 0 Å². The number of fused-ring (bicyclic) bond motifs is 1. The first-order valence-electron chi connectivity index (χ1n) is 9.03. The van der Waals surface area contributed by atoms with E-state index in [2.05, 4.69) is 10.3 Å². The minimum Gasteiger partial charge on any atom is -0.322 e. The monoisotopic (exact) mass is 391 g/mol. The molecule has 6 heteroatoms. The average molecular weight is 392 g/mol. The Kier molecular flexibility index (Phi) is 5.08. The van der Waals surface area contributed by atoms with Crippen LogP contribution in [0.4, 0.5) is 11.4 Å². The smallest absolute Gasteiger partial charge is 0.259 e. The second-order valence-corrected chi connectivity index (χ2v) is 7.05. The number of nitrogens with one attached hydrogen (secondary N) is 1. The van der Waals surface area contributed by atoms with E-state index in [1.807, 2.05) is 18.2 Å². The van der Waals surface area contributed by atoms with Gasteiger partial charge in [-0.3, -0.25) is 14.6 Å². The van der Waals surface area contributed by atoms with Gasteiger partial charge in [-0.05, 0) is 60.9 Å². The van der Waals surface area contributed by atoms with Gasteiger partial charge >= 0.3 is 0 Å². The van der Waals surface area contributed by atoms with Gasteiger partial charge in [-0.2, -0.15) is 0 Å². The molecule has 0 saturated carbocycles. The summed E-state index contributed by atoms with van der Waals surface area (Å²) in [6, 6.07) is 16.0. The number of aromatic nitrogens is 1. The molecule has 2 amide bonds. The first kappa shape index (κ1) is 18.2. The van der Waals surface area contributed by atoms with Crippen molar-refractivity contribution in [3.63, 3.8) is 0 Å². The summed E-state index contributed by atoms with van der Waals surface area (Å²) in [4.78, 5) is 31.2. The average Bonchev–Trinajstić information content (AvgIpc) is 2.73. The van der Waals surface area contributed by atoms with Crippen molar-refractivity contribution in [2.45, 2.75) is 12.8 Å². The Morgan fingerprint density at radius 1 is 1.04 bits per heavy atom. The van der Waals surface area contributed by atoms with Crippen LogP contribution in [0.3, 0.4) is 0 Å². The van der Waals surface area contributed by atoms with Crippen LogP contribution in [0.25, 0.3) is 0 Å². The second-order valence-electron chi connectivity index (χ2n) is 6.61. The Labute approximate surface area is 168 Å². The Morgan fingerprint density at radius 2 is 1.89 bits per heavy atom. The normalized spacial score (nSPS) is 13.0. The highest BCUT2D eigenvalue weighted by molar-refractivity contribution is 6.31. The van der Waals surface area contributed by atoms with Crippen LogP contribution in [-0.2, 0) is 6.42 Å². The molecule has 0 fully saturated rings. The molecule has 0 bridgehead atoms. The lowest BCUT2D eigenvalue weighted by molar-refractivity contribution is 0.0983. The second kappa shape index (κ2) is 7.82. The molecule has 0 radical (unpaired) electrons. The Bertz CT molecular complexity index is 1040. The van der Waals surface area contributed by atoms with E-state index in [0.29, 0.717) is 28.4 Å². The van der Waals surface area contributed by atoms with Crippen LogP contribution in [0.15, 0.2) is 67.0 Å². The standard InChI is InChI=1S/C22H18ClN3O2/c23-18-7-1-4-16(12-18)21(27)25-19-9-8-15-6-3-11-26(20(15)13-19)22(28)17-5-2-10-24-14-17/h1-2,4-5,7-10,12-14H,3,6,11H2,(H,25,27). The molecule has 0 saturated heterocycles. The van der Waals surface area contributed by atoms with Gasteiger partial charge in [0.15, 0.2) is 0 Å².